The molecule has 0 saturated carbocycles. The van der Waals surface area contributed by atoms with Gasteiger partial charge in [0, 0.05) is 40.4 Å². The SMILES string of the molecule is CCn1ccc2cc(S(=O)(=O)Nc3ccc(C(=O)NC(C)(C)C)cc3)ccc21. The summed E-state index contributed by atoms with van der Waals surface area (Å²) in [6.45, 7) is 8.57. The molecule has 2 N–H and O–H groups in total. The second-order valence-electron chi connectivity index (χ2n) is 7.71. The number of hydrogen-bond acceptors (Lipinski definition) is 3. The summed E-state index contributed by atoms with van der Waals surface area (Å²) >= 11 is 0. The molecule has 1 amide bonds. The van der Waals surface area contributed by atoms with Crippen LogP contribution in [0, 0.1) is 0 Å². The van der Waals surface area contributed by atoms with Gasteiger partial charge in [-0.15, -0.1) is 0 Å². The van der Waals surface area contributed by atoms with Crippen LogP contribution in [0.25, 0.3) is 10.9 Å². The number of anilines is 1. The number of aryl methyl sites for hydroxylation is 1. The predicted octanol–water partition coefficient (Wildman–Crippen LogP) is 3.99. The average Bonchev–Trinajstić information content (AvgIpc) is 3.03. The van der Waals surface area contributed by atoms with E-state index in [1.165, 1.54) is 0 Å². The number of nitrogens with one attached hydrogen (secondary N) is 2. The third kappa shape index (κ3) is 4.36. The Hall–Kier alpha value is -2.80. The molecule has 2 aromatic carbocycles. The monoisotopic (exact) mass is 399 g/mol. The summed E-state index contributed by atoms with van der Waals surface area (Å²) in [5, 5.41) is 3.75. The number of carbonyl (C=O) groups is 1. The first-order valence-electron chi connectivity index (χ1n) is 9.13. The molecule has 1 aromatic heterocycles. The van der Waals surface area contributed by atoms with Gasteiger partial charge in [0.2, 0.25) is 0 Å². The number of amides is 1. The molecule has 0 atom stereocenters. The lowest BCUT2D eigenvalue weighted by Crippen LogP contribution is -2.40. The Labute approximate surface area is 165 Å². The molecule has 3 aromatic rings. The number of hydrogen-bond donors (Lipinski definition) is 2. The van der Waals surface area contributed by atoms with E-state index < -0.39 is 10.0 Å². The summed E-state index contributed by atoms with van der Waals surface area (Å²) in [4.78, 5) is 12.4. The van der Waals surface area contributed by atoms with Gasteiger partial charge in [0.1, 0.15) is 0 Å². The van der Waals surface area contributed by atoms with Gasteiger partial charge in [-0.25, -0.2) is 8.42 Å². The van der Waals surface area contributed by atoms with Crippen molar-refractivity contribution in [2.24, 2.45) is 0 Å². The molecule has 0 aliphatic rings. The second-order valence-corrected chi connectivity index (χ2v) is 9.39. The molecule has 0 fully saturated rings. The summed E-state index contributed by atoms with van der Waals surface area (Å²) < 4.78 is 30.1. The normalized spacial score (nSPS) is 12.1. The van der Waals surface area contributed by atoms with Crippen molar-refractivity contribution in [3.63, 3.8) is 0 Å². The van der Waals surface area contributed by atoms with Gasteiger partial charge in [-0.1, -0.05) is 0 Å². The molecule has 0 aliphatic heterocycles. The number of fused-ring (bicyclic) bond motifs is 1. The zero-order valence-corrected chi connectivity index (χ0v) is 17.3. The maximum Gasteiger partial charge on any atom is 0.261 e. The van der Waals surface area contributed by atoms with E-state index in [4.69, 9.17) is 0 Å². The minimum atomic E-state index is -3.72. The largest absolute Gasteiger partial charge is 0.348 e. The van der Waals surface area contributed by atoms with Crippen molar-refractivity contribution in [3.05, 3.63) is 60.3 Å². The van der Waals surface area contributed by atoms with E-state index in [0.717, 1.165) is 17.4 Å². The Morgan fingerprint density at radius 2 is 1.71 bits per heavy atom. The van der Waals surface area contributed by atoms with Crippen molar-refractivity contribution < 1.29 is 13.2 Å². The van der Waals surface area contributed by atoms with Crippen LogP contribution in [0.1, 0.15) is 38.1 Å². The summed E-state index contributed by atoms with van der Waals surface area (Å²) in [6.07, 6.45) is 1.94. The Balaban J connectivity index is 1.79. The topological polar surface area (TPSA) is 80.2 Å². The maximum atomic E-state index is 12.7. The van der Waals surface area contributed by atoms with Crippen molar-refractivity contribution in [1.29, 1.82) is 0 Å². The van der Waals surface area contributed by atoms with Crippen LogP contribution in [0.5, 0.6) is 0 Å². The molecular weight excluding hydrogens is 374 g/mol. The first kappa shape index (κ1) is 19.9. The van der Waals surface area contributed by atoms with Crippen molar-refractivity contribution in [3.8, 4) is 0 Å². The maximum absolute atomic E-state index is 12.7. The molecule has 0 radical (unpaired) electrons. The van der Waals surface area contributed by atoms with E-state index in [9.17, 15) is 13.2 Å². The molecule has 28 heavy (non-hydrogen) atoms. The van der Waals surface area contributed by atoms with Crippen molar-refractivity contribution in [1.82, 2.24) is 9.88 Å². The second kappa shape index (κ2) is 7.31. The van der Waals surface area contributed by atoms with Crippen molar-refractivity contribution in [2.75, 3.05) is 4.72 Å². The van der Waals surface area contributed by atoms with Gasteiger partial charge >= 0.3 is 0 Å². The number of nitrogens with zero attached hydrogens (tertiary/aromatic N) is 1. The van der Waals surface area contributed by atoms with Crippen molar-refractivity contribution >= 4 is 32.5 Å². The van der Waals surface area contributed by atoms with Gasteiger partial charge in [-0.2, -0.15) is 0 Å². The average molecular weight is 400 g/mol. The van der Waals surface area contributed by atoms with Gasteiger partial charge < -0.3 is 9.88 Å². The smallest absolute Gasteiger partial charge is 0.261 e. The first-order valence-corrected chi connectivity index (χ1v) is 10.6. The van der Waals surface area contributed by atoms with Gasteiger partial charge in [0.15, 0.2) is 0 Å². The van der Waals surface area contributed by atoms with Gasteiger partial charge in [0.25, 0.3) is 15.9 Å². The molecule has 1 heterocycles. The molecule has 0 unspecified atom stereocenters. The van der Waals surface area contributed by atoms with Crippen LogP contribution in [0.15, 0.2) is 59.6 Å². The highest BCUT2D eigenvalue weighted by atomic mass is 32.2. The van der Waals surface area contributed by atoms with E-state index in [-0.39, 0.29) is 16.3 Å². The molecule has 0 saturated heterocycles. The Morgan fingerprint density at radius 1 is 1.04 bits per heavy atom. The number of carbonyl (C=O) groups excluding carboxylic acids is 1. The zero-order chi connectivity index (χ0) is 20.5. The first-order chi connectivity index (χ1) is 13.1. The van der Waals surface area contributed by atoms with E-state index in [1.807, 2.05) is 46.0 Å². The van der Waals surface area contributed by atoms with E-state index >= 15 is 0 Å². The fraction of sp³-hybridized carbons (Fsp3) is 0.286. The zero-order valence-electron chi connectivity index (χ0n) is 16.5. The number of benzene rings is 2. The standard InChI is InChI=1S/C21H25N3O3S/c1-5-24-13-12-16-14-18(10-11-19(16)24)28(26,27)23-17-8-6-15(7-9-17)20(25)22-21(2,3)4/h6-14,23H,5H2,1-4H3,(H,22,25). The number of rotatable bonds is 5. The third-order valence-electron chi connectivity index (χ3n) is 4.28. The third-order valence-corrected chi connectivity index (χ3v) is 5.66. The summed E-state index contributed by atoms with van der Waals surface area (Å²) in [7, 11) is -3.72. The van der Waals surface area contributed by atoms with Crippen LogP contribution >= 0.6 is 0 Å². The van der Waals surface area contributed by atoms with Crippen LogP contribution in [0.3, 0.4) is 0 Å². The van der Waals surface area contributed by atoms with E-state index in [0.29, 0.717) is 11.3 Å². The van der Waals surface area contributed by atoms with Gasteiger partial charge in [-0.3, -0.25) is 9.52 Å². The van der Waals surface area contributed by atoms with E-state index in [2.05, 4.69) is 14.6 Å². The van der Waals surface area contributed by atoms with Crippen LogP contribution in [-0.4, -0.2) is 24.4 Å². The molecule has 148 valence electrons. The Bertz CT molecular complexity index is 1110. The van der Waals surface area contributed by atoms with Crippen LogP contribution < -0.4 is 10.0 Å². The molecule has 0 spiro atoms. The van der Waals surface area contributed by atoms with Crippen LogP contribution in [0.2, 0.25) is 0 Å². The van der Waals surface area contributed by atoms with Gasteiger partial charge in [-0.05, 0) is 76.2 Å². The minimum Gasteiger partial charge on any atom is -0.348 e. The quantitative estimate of drug-likeness (QED) is 0.681. The molecule has 7 heteroatoms. The molecule has 0 aliphatic carbocycles. The predicted molar refractivity (Wildman–Crippen MR) is 112 cm³/mol. The Morgan fingerprint density at radius 3 is 2.32 bits per heavy atom. The van der Waals surface area contributed by atoms with Crippen molar-refractivity contribution in [2.45, 2.75) is 44.7 Å². The Kier molecular flexibility index (Phi) is 5.21. The van der Waals surface area contributed by atoms with E-state index in [1.54, 1.807) is 36.4 Å². The lowest BCUT2D eigenvalue weighted by Gasteiger charge is -2.20. The number of sulfonamides is 1. The fourth-order valence-corrected chi connectivity index (χ4v) is 4.03. The highest BCUT2D eigenvalue weighted by Gasteiger charge is 2.17. The molecule has 6 nitrogen and oxygen atoms in total. The van der Waals surface area contributed by atoms with Crippen LogP contribution in [0.4, 0.5) is 5.69 Å². The summed E-state index contributed by atoms with van der Waals surface area (Å²) in [5.41, 5.74) is 1.53. The highest BCUT2D eigenvalue weighted by Crippen LogP contribution is 2.23. The highest BCUT2D eigenvalue weighted by molar-refractivity contribution is 7.92. The van der Waals surface area contributed by atoms with Crippen LogP contribution in [-0.2, 0) is 16.6 Å². The molecule has 0 bridgehead atoms. The summed E-state index contributed by atoms with van der Waals surface area (Å²) in [5.74, 6) is -0.201. The lowest BCUT2D eigenvalue weighted by molar-refractivity contribution is 0.0919. The minimum absolute atomic E-state index is 0.198. The molecular formula is C21H25N3O3S. The summed E-state index contributed by atoms with van der Waals surface area (Å²) in [6, 6.07) is 13.3. The lowest BCUT2D eigenvalue weighted by atomic mass is 10.1. The van der Waals surface area contributed by atoms with Gasteiger partial charge in [0.05, 0.1) is 4.90 Å². The fourth-order valence-electron chi connectivity index (χ4n) is 2.94. The molecule has 3 rings (SSSR count). The number of aromatic nitrogens is 1.